The van der Waals surface area contributed by atoms with Gasteiger partial charge in [0.1, 0.15) is 6.61 Å². The van der Waals surface area contributed by atoms with Crippen molar-refractivity contribution >= 4 is 11.9 Å². The normalized spacial score (nSPS) is 11.3. The summed E-state index contributed by atoms with van der Waals surface area (Å²) in [6.45, 7) is 11.9. The van der Waals surface area contributed by atoms with Gasteiger partial charge >= 0.3 is 11.9 Å². The molecular weight excluding hydrogens is 308 g/mol. The minimum absolute atomic E-state index is 0.0176. The molecule has 24 heavy (non-hydrogen) atoms. The van der Waals surface area contributed by atoms with E-state index < -0.39 is 11.9 Å². The van der Waals surface area contributed by atoms with Gasteiger partial charge < -0.3 is 9.84 Å². The zero-order chi connectivity index (χ0) is 18.1. The van der Waals surface area contributed by atoms with Crippen LogP contribution in [0.2, 0.25) is 0 Å². The third-order valence-corrected chi connectivity index (χ3v) is 4.21. The molecule has 0 bridgehead atoms. The number of hydrogen-bond donors (Lipinski definition) is 1. The predicted octanol–water partition coefficient (Wildman–Crippen LogP) is 2.55. The van der Waals surface area contributed by atoms with Crippen LogP contribution < -0.4 is 0 Å². The molecule has 0 aliphatic carbocycles. The van der Waals surface area contributed by atoms with E-state index in [9.17, 15) is 14.7 Å². The maximum absolute atomic E-state index is 12.4. The molecule has 0 aromatic heterocycles. The number of carbonyl (C=O) groups excluding carboxylic acids is 1. The highest BCUT2D eigenvalue weighted by Crippen LogP contribution is 2.13. The van der Waals surface area contributed by atoms with Crippen molar-refractivity contribution < 1.29 is 19.4 Å². The average Bonchev–Trinajstić information content (AvgIpc) is 2.60. The number of benzene rings is 1. The van der Waals surface area contributed by atoms with Crippen LogP contribution in [0.15, 0.2) is 24.3 Å². The van der Waals surface area contributed by atoms with E-state index in [-0.39, 0.29) is 23.9 Å². The van der Waals surface area contributed by atoms with Crippen LogP contribution in [-0.4, -0.2) is 65.8 Å². The van der Waals surface area contributed by atoms with Gasteiger partial charge in [-0.1, -0.05) is 39.8 Å². The van der Waals surface area contributed by atoms with Gasteiger partial charge in [-0.05, 0) is 38.3 Å². The molecule has 1 aromatic carbocycles. The number of carboxylic acids is 1. The summed E-state index contributed by atoms with van der Waals surface area (Å²) in [5.74, 6) is -1.73. The van der Waals surface area contributed by atoms with Gasteiger partial charge in [0.05, 0.1) is 17.3 Å². The summed E-state index contributed by atoms with van der Waals surface area (Å²) >= 11 is 0. The van der Waals surface area contributed by atoms with Crippen LogP contribution in [0.25, 0.3) is 0 Å². The highest BCUT2D eigenvalue weighted by molar-refractivity contribution is 6.02. The first-order valence-corrected chi connectivity index (χ1v) is 8.47. The third kappa shape index (κ3) is 5.04. The maximum atomic E-state index is 12.4. The van der Waals surface area contributed by atoms with Gasteiger partial charge in [0.15, 0.2) is 0 Å². The van der Waals surface area contributed by atoms with E-state index in [2.05, 4.69) is 37.5 Å². The van der Waals surface area contributed by atoms with Crippen molar-refractivity contribution in [3.63, 3.8) is 0 Å². The number of nitrogens with zero attached hydrogens (tertiary/aromatic N) is 2. The average molecular weight is 336 g/mol. The second-order valence-corrected chi connectivity index (χ2v) is 5.37. The minimum Gasteiger partial charge on any atom is -0.478 e. The molecule has 0 aliphatic heterocycles. The first-order valence-electron chi connectivity index (χ1n) is 8.47. The number of esters is 1. The number of aromatic carboxylic acids is 1. The van der Waals surface area contributed by atoms with E-state index in [1.165, 1.54) is 12.1 Å². The quantitative estimate of drug-likeness (QED) is 0.523. The smallest absolute Gasteiger partial charge is 0.339 e. The molecule has 0 unspecified atom stereocenters. The number of rotatable bonds is 10. The van der Waals surface area contributed by atoms with E-state index in [1.54, 1.807) is 12.1 Å². The summed E-state index contributed by atoms with van der Waals surface area (Å²) in [4.78, 5) is 28.0. The van der Waals surface area contributed by atoms with Crippen LogP contribution in [0, 0.1) is 0 Å². The Morgan fingerprint density at radius 3 is 1.83 bits per heavy atom. The van der Waals surface area contributed by atoms with Gasteiger partial charge in [0, 0.05) is 0 Å². The van der Waals surface area contributed by atoms with Crippen LogP contribution in [0.5, 0.6) is 0 Å². The lowest BCUT2D eigenvalue weighted by atomic mass is 10.1. The fourth-order valence-corrected chi connectivity index (χ4v) is 2.81. The molecular formula is C18H28N2O4. The topological polar surface area (TPSA) is 70.1 Å². The van der Waals surface area contributed by atoms with E-state index >= 15 is 0 Å². The van der Waals surface area contributed by atoms with Crippen molar-refractivity contribution in [3.05, 3.63) is 35.4 Å². The van der Waals surface area contributed by atoms with Crippen LogP contribution in [-0.2, 0) is 4.74 Å². The summed E-state index contributed by atoms with van der Waals surface area (Å²) in [6.07, 6.45) is -0.0176. The van der Waals surface area contributed by atoms with Crippen LogP contribution in [0.1, 0.15) is 48.4 Å². The molecule has 0 saturated heterocycles. The Hall–Kier alpha value is -1.92. The molecule has 6 heteroatoms. The number of carbonyl (C=O) groups is 2. The predicted molar refractivity (Wildman–Crippen MR) is 93.3 cm³/mol. The summed E-state index contributed by atoms with van der Waals surface area (Å²) in [5.41, 5.74) is 0.0487. The number of likely N-dealkylation sites (N-methyl/N-ethyl adjacent to an activating group) is 2. The van der Waals surface area contributed by atoms with Gasteiger partial charge in [-0.3, -0.25) is 9.80 Å². The van der Waals surface area contributed by atoms with Crippen LogP contribution >= 0.6 is 0 Å². The Labute approximate surface area is 144 Å². The highest BCUT2D eigenvalue weighted by atomic mass is 16.5. The number of hydrogen-bond acceptors (Lipinski definition) is 5. The lowest BCUT2D eigenvalue weighted by Crippen LogP contribution is -2.51. The van der Waals surface area contributed by atoms with E-state index in [4.69, 9.17) is 4.74 Å². The molecule has 0 radical (unpaired) electrons. The summed E-state index contributed by atoms with van der Waals surface area (Å²) in [5, 5.41) is 9.20. The van der Waals surface area contributed by atoms with E-state index in [0.29, 0.717) is 0 Å². The molecule has 0 amide bonds. The number of ether oxygens (including phenoxy) is 1. The summed E-state index contributed by atoms with van der Waals surface area (Å²) in [7, 11) is 0. The second kappa shape index (κ2) is 10.1. The molecule has 1 rings (SSSR count). The van der Waals surface area contributed by atoms with Crippen molar-refractivity contribution in [3.8, 4) is 0 Å². The Morgan fingerprint density at radius 2 is 1.42 bits per heavy atom. The van der Waals surface area contributed by atoms with E-state index in [0.717, 1.165) is 26.2 Å². The lowest BCUT2D eigenvalue weighted by molar-refractivity contribution is -0.00929. The zero-order valence-electron chi connectivity index (χ0n) is 15.0. The monoisotopic (exact) mass is 336 g/mol. The van der Waals surface area contributed by atoms with Gasteiger partial charge in [0.25, 0.3) is 0 Å². The van der Waals surface area contributed by atoms with Crippen molar-refractivity contribution in [1.29, 1.82) is 0 Å². The first-order chi connectivity index (χ1) is 11.5. The molecule has 1 aromatic rings. The Balaban J connectivity index is 2.90. The van der Waals surface area contributed by atoms with Gasteiger partial charge in [0.2, 0.25) is 0 Å². The van der Waals surface area contributed by atoms with Gasteiger partial charge in [-0.15, -0.1) is 0 Å². The van der Waals surface area contributed by atoms with E-state index in [1.807, 2.05) is 0 Å². The van der Waals surface area contributed by atoms with Crippen molar-refractivity contribution in [2.45, 2.75) is 33.9 Å². The van der Waals surface area contributed by atoms with Crippen molar-refractivity contribution in [1.82, 2.24) is 9.80 Å². The molecule has 0 atom stereocenters. The molecule has 0 heterocycles. The van der Waals surface area contributed by atoms with Crippen LogP contribution in [0.4, 0.5) is 0 Å². The maximum Gasteiger partial charge on any atom is 0.339 e. The lowest BCUT2D eigenvalue weighted by Gasteiger charge is -2.37. The fourth-order valence-electron chi connectivity index (χ4n) is 2.81. The Morgan fingerprint density at radius 1 is 0.958 bits per heavy atom. The largest absolute Gasteiger partial charge is 0.478 e. The summed E-state index contributed by atoms with van der Waals surface area (Å²) in [6, 6.07) is 6.12. The van der Waals surface area contributed by atoms with Gasteiger partial charge in [-0.2, -0.15) is 0 Å². The zero-order valence-corrected chi connectivity index (χ0v) is 15.0. The Bertz CT molecular complexity index is 528. The molecule has 0 spiro atoms. The van der Waals surface area contributed by atoms with Crippen LogP contribution in [0.3, 0.4) is 0 Å². The standard InChI is InChI=1S/C18H28N2O4/c1-5-19(6-2)16(20(7-3)8-4)13-24-18(23)15-12-10-9-11-14(15)17(21)22/h9-12,16H,5-8,13H2,1-4H3,(H,21,22). The molecule has 1 N–H and O–H groups in total. The first kappa shape index (κ1) is 20.1. The SMILES string of the molecule is CCN(CC)C(COC(=O)c1ccccc1C(=O)O)N(CC)CC. The fraction of sp³-hybridized carbons (Fsp3) is 0.556. The molecule has 0 fully saturated rings. The molecule has 134 valence electrons. The van der Waals surface area contributed by atoms with Crippen molar-refractivity contribution in [2.24, 2.45) is 0 Å². The summed E-state index contributed by atoms with van der Waals surface area (Å²) < 4.78 is 5.46. The minimum atomic E-state index is -1.13. The number of carboxylic acid groups (broad SMARTS) is 1. The van der Waals surface area contributed by atoms with Crippen molar-refractivity contribution in [2.75, 3.05) is 32.8 Å². The van der Waals surface area contributed by atoms with Gasteiger partial charge in [-0.25, -0.2) is 9.59 Å². The molecule has 0 aliphatic rings. The Kier molecular flexibility index (Phi) is 8.43. The molecule has 0 saturated carbocycles. The second-order valence-electron chi connectivity index (χ2n) is 5.37. The highest BCUT2D eigenvalue weighted by Gasteiger charge is 2.24. The molecule has 6 nitrogen and oxygen atoms in total. The third-order valence-electron chi connectivity index (χ3n) is 4.21.